The van der Waals surface area contributed by atoms with E-state index in [1.54, 1.807) is 26.4 Å². The fraction of sp³-hybridized carbons (Fsp3) is 0.409. The summed E-state index contributed by atoms with van der Waals surface area (Å²) in [6, 6.07) is 10.5. The van der Waals surface area contributed by atoms with Gasteiger partial charge in [0.15, 0.2) is 17.3 Å². The summed E-state index contributed by atoms with van der Waals surface area (Å²) >= 11 is 0. The molecule has 0 aliphatic carbocycles. The third kappa shape index (κ3) is 8.57. The van der Waals surface area contributed by atoms with E-state index in [1.165, 1.54) is 13.0 Å². The number of likely N-dealkylation sites (N-methyl/N-ethyl adjacent to an activating group) is 1. The van der Waals surface area contributed by atoms with E-state index in [4.69, 9.17) is 14.2 Å². The summed E-state index contributed by atoms with van der Waals surface area (Å²) in [6.45, 7) is 3.28. The number of nitrogens with zero attached hydrogens (tertiary/aromatic N) is 1. The fourth-order valence-corrected chi connectivity index (χ4v) is 3.54. The third-order valence-corrected chi connectivity index (χ3v) is 5.23. The van der Waals surface area contributed by atoms with Crippen molar-refractivity contribution in [3.05, 3.63) is 47.5 Å². The van der Waals surface area contributed by atoms with Crippen LogP contribution >= 0.6 is 12.4 Å². The number of methoxy groups -OCH3 is 2. The standard InChI is InChI=1S/C22H30N2O6S.ClH/c1-16(25)19-15-18(23-31(5,26)27)7-9-20(19)30-13-12-24(2)11-10-17-6-8-21(28-3)22(14-17)29-4;/h6-9,14-15,23H,10-13H2,1-5H3;1H. The largest absolute Gasteiger partial charge is 0.493 e. The number of benzene rings is 2. The van der Waals surface area contributed by atoms with Gasteiger partial charge in [0.1, 0.15) is 12.4 Å². The second kappa shape index (κ2) is 12.5. The number of carbonyl (C=O) groups excluding carboxylic acids is 1. The number of sulfonamides is 1. The first-order valence-electron chi connectivity index (χ1n) is 9.78. The molecule has 0 aliphatic rings. The Kier molecular flexibility index (Phi) is 10.8. The van der Waals surface area contributed by atoms with Gasteiger partial charge in [-0.05, 0) is 56.3 Å². The molecule has 2 aromatic carbocycles. The van der Waals surface area contributed by atoms with Crippen molar-refractivity contribution in [2.45, 2.75) is 13.3 Å². The zero-order chi connectivity index (χ0) is 23.0. The van der Waals surface area contributed by atoms with Crippen molar-refractivity contribution >= 4 is 33.9 Å². The summed E-state index contributed by atoms with van der Waals surface area (Å²) in [4.78, 5) is 14.1. The summed E-state index contributed by atoms with van der Waals surface area (Å²) in [6.07, 6.45) is 1.89. The molecule has 0 saturated carbocycles. The average Bonchev–Trinajstić information content (AvgIpc) is 2.71. The number of rotatable bonds is 12. The molecule has 0 bridgehead atoms. The Bertz CT molecular complexity index is 1010. The van der Waals surface area contributed by atoms with E-state index in [-0.39, 0.29) is 18.2 Å². The van der Waals surface area contributed by atoms with Crippen LogP contribution in [0, 0.1) is 0 Å². The zero-order valence-electron chi connectivity index (χ0n) is 19.0. The molecule has 178 valence electrons. The van der Waals surface area contributed by atoms with Crippen LogP contribution in [0.4, 0.5) is 5.69 Å². The average molecular weight is 487 g/mol. The van der Waals surface area contributed by atoms with Crippen LogP contribution in [0.2, 0.25) is 0 Å². The molecule has 0 amide bonds. The molecule has 10 heteroatoms. The van der Waals surface area contributed by atoms with Gasteiger partial charge in [0.05, 0.1) is 26.0 Å². The van der Waals surface area contributed by atoms with Crippen LogP contribution in [-0.4, -0.2) is 66.3 Å². The predicted octanol–water partition coefficient (Wildman–Crippen LogP) is 3.25. The number of Topliss-reactive ketones (excluding diaryl/α,β-unsaturated/α-hetero) is 1. The molecule has 8 nitrogen and oxygen atoms in total. The van der Waals surface area contributed by atoms with Gasteiger partial charge >= 0.3 is 0 Å². The van der Waals surface area contributed by atoms with Crippen LogP contribution < -0.4 is 18.9 Å². The highest BCUT2D eigenvalue weighted by Gasteiger charge is 2.12. The highest BCUT2D eigenvalue weighted by molar-refractivity contribution is 7.92. The molecule has 32 heavy (non-hydrogen) atoms. The molecule has 1 N–H and O–H groups in total. The molecule has 0 heterocycles. The Morgan fingerprint density at radius 1 is 1.00 bits per heavy atom. The summed E-state index contributed by atoms with van der Waals surface area (Å²) in [5, 5.41) is 0. The van der Waals surface area contributed by atoms with Crippen molar-refractivity contribution < 1.29 is 27.4 Å². The van der Waals surface area contributed by atoms with Crippen LogP contribution in [0.1, 0.15) is 22.8 Å². The van der Waals surface area contributed by atoms with Gasteiger partial charge in [0.2, 0.25) is 10.0 Å². The van der Waals surface area contributed by atoms with Gasteiger partial charge < -0.3 is 19.1 Å². The maximum atomic E-state index is 12.0. The van der Waals surface area contributed by atoms with Crippen molar-refractivity contribution in [2.24, 2.45) is 0 Å². The van der Waals surface area contributed by atoms with Gasteiger partial charge in [0.25, 0.3) is 0 Å². The lowest BCUT2D eigenvalue weighted by Crippen LogP contribution is -2.26. The number of anilines is 1. The number of carbonyl (C=O) groups is 1. The molecular formula is C22H31ClN2O6S. The second-order valence-corrected chi connectivity index (χ2v) is 8.98. The van der Waals surface area contributed by atoms with Gasteiger partial charge in [-0.2, -0.15) is 0 Å². The quantitative estimate of drug-likeness (QED) is 0.460. The maximum absolute atomic E-state index is 12.0. The van der Waals surface area contributed by atoms with Crippen LogP contribution in [0.3, 0.4) is 0 Å². The predicted molar refractivity (Wildman–Crippen MR) is 128 cm³/mol. The van der Waals surface area contributed by atoms with Crippen LogP contribution in [-0.2, 0) is 16.4 Å². The van der Waals surface area contributed by atoms with Crippen LogP contribution in [0.5, 0.6) is 17.2 Å². The van der Waals surface area contributed by atoms with E-state index in [1.807, 2.05) is 25.2 Å². The normalized spacial score (nSPS) is 10.9. The summed E-state index contributed by atoms with van der Waals surface area (Å²) in [5.41, 5.74) is 1.80. The van der Waals surface area contributed by atoms with Crippen molar-refractivity contribution in [2.75, 3.05) is 51.9 Å². The minimum atomic E-state index is -3.42. The molecular weight excluding hydrogens is 456 g/mol. The highest BCUT2D eigenvalue weighted by Crippen LogP contribution is 2.28. The Balaban J connectivity index is 0.00000512. The monoisotopic (exact) mass is 486 g/mol. The Hall–Kier alpha value is -2.49. The Morgan fingerprint density at radius 3 is 2.25 bits per heavy atom. The van der Waals surface area contributed by atoms with E-state index < -0.39 is 10.0 Å². The van der Waals surface area contributed by atoms with E-state index >= 15 is 0 Å². The lowest BCUT2D eigenvalue weighted by molar-refractivity contribution is 0.101. The molecule has 2 aromatic rings. The van der Waals surface area contributed by atoms with Gasteiger partial charge in [-0.1, -0.05) is 6.07 Å². The molecule has 0 unspecified atom stereocenters. The van der Waals surface area contributed by atoms with Gasteiger partial charge in [-0.15, -0.1) is 12.4 Å². The maximum Gasteiger partial charge on any atom is 0.229 e. The number of nitrogens with one attached hydrogen (secondary N) is 1. The smallest absolute Gasteiger partial charge is 0.229 e. The number of hydrogen-bond donors (Lipinski definition) is 1. The van der Waals surface area contributed by atoms with Crippen molar-refractivity contribution in [3.8, 4) is 17.2 Å². The molecule has 0 aliphatic heterocycles. The van der Waals surface area contributed by atoms with E-state index in [2.05, 4.69) is 9.62 Å². The van der Waals surface area contributed by atoms with Gasteiger partial charge in [0, 0.05) is 18.8 Å². The molecule has 0 spiro atoms. The van der Waals surface area contributed by atoms with Gasteiger partial charge in [-0.3, -0.25) is 9.52 Å². The second-order valence-electron chi connectivity index (χ2n) is 7.23. The lowest BCUT2D eigenvalue weighted by Gasteiger charge is -2.18. The number of ketones is 1. The zero-order valence-corrected chi connectivity index (χ0v) is 20.6. The van der Waals surface area contributed by atoms with E-state index in [0.29, 0.717) is 41.7 Å². The minimum absolute atomic E-state index is 0. The molecule has 0 radical (unpaired) electrons. The van der Waals surface area contributed by atoms with Crippen LogP contribution in [0.25, 0.3) is 0 Å². The molecule has 0 aromatic heterocycles. The summed E-state index contributed by atoms with van der Waals surface area (Å²) < 4.78 is 41.6. The third-order valence-electron chi connectivity index (χ3n) is 4.62. The summed E-state index contributed by atoms with van der Waals surface area (Å²) in [7, 11) is 1.80. The highest BCUT2D eigenvalue weighted by atomic mass is 35.5. The molecule has 0 saturated heterocycles. The fourth-order valence-electron chi connectivity index (χ4n) is 2.99. The Morgan fingerprint density at radius 2 is 1.66 bits per heavy atom. The molecule has 2 rings (SSSR count). The summed E-state index contributed by atoms with van der Waals surface area (Å²) in [5.74, 6) is 1.64. The number of halogens is 1. The first-order valence-corrected chi connectivity index (χ1v) is 11.7. The van der Waals surface area contributed by atoms with Crippen LogP contribution in [0.15, 0.2) is 36.4 Å². The first-order chi connectivity index (χ1) is 14.6. The minimum Gasteiger partial charge on any atom is -0.493 e. The van der Waals surface area contributed by atoms with E-state index in [9.17, 15) is 13.2 Å². The Labute approximate surface area is 196 Å². The van der Waals surface area contributed by atoms with Gasteiger partial charge in [-0.25, -0.2) is 8.42 Å². The van der Waals surface area contributed by atoms with Crippen molar-refractivity contribution in [1.82, 2.24) is 4.90 Å². The first kappa shape index (κ1) is 27.5. The topological polar surface area (TPSA) is 94.2 Å². The van der Waals surface area contributed by atoms with E-state index in [0.717, 1.165) is 24.8 Å². The van der Waals surface area contributed by atoms with Crippen molar-refractivity contribution in [1.29, 1.82) is 0 Å². The lowest BCUT2D eigenvalue weighted by atomic mass is 10.1. The number of ether oxygens (including phenoxy) is 3. The molecule has 0 atom stereocenters. The number of hydrogen-bond acceptors (Lipinski definition) is 7. The van der Waals surface area contributed by atoms with Crippen molar-refractivity contribution in [3.63, 3.8) is 0 Å². The SMILES string of the molecule is COc1ccc(CCN(C)CCOc2ccc(NS(C)(=O)=O)cc2C(C)=O)cc1OC.Cl. The molecule has 0 fully saturated rings.